The van der Waals surface area contributed by atoms with Crippen molar-refractivity contribution in [3.63, 3.8) is 0 Å². The molecular formula is C14H23N3O2S. The molecule has 0 aromatic heterocycles. The Morgan fingerprint density at radius 1 is 1.35 bits per heavy atom. The zero-order valence-electron chi connectivity index (χ0n) is 12.7. The van der Waals surface area contributed by atoms with Crippen LogP contribution in [0.3, 0.4) is 0 Å². The first-order valence-electron chi connectivity index (χ1n) is 6.26. The summed E-state index contributed by atoms with van der Waals surface area (Å²) in [5.41, 5.74) is 6.65. The Morgan fingerprint density at radius 2 is 2.05 bits per heavy atom. The van der Waals surface area contributed by atoms with Crippen LogP contribution in [-0.4, -0.2) is 37.7 Å². The number of hydrogen-bond acceptors (Lipinski definition) is 4. The fraction of sp³-hybridized carbons (Fsp3) is 0.500. The highest BCUT2D eigenvalue weighted by Crippen LogP contribution is 2.28. The van der Waals surface area contributed by atoms with Gasteiger partial charge in [-0.05, 0) is 32.2 Å². The third kappa shape index (κ3) is 4.85. The number of benzene rings is 1. The van der Waals surface area contributed by atoms with Gasteiger partial charge in [0, 0.05) is 10.8 Å². The second-order valence-electron chi connectivity index (χ2n) is 4.86. The van der Waals surface area contributed by atoms with Crippen LogP contribution >= 0.6 is 11.8 Å². The number of nitrogens with two attached hydrogens (primary N) is 1. The number of rotatable bonds is 6. The molecule has 0 aliphatic rings. The second kappa shape index (κ2) is 7.28. The van der Waals surface area contributed by atoms with Crippen molar-refractivity contribution >= 4 is 23.4 Å². The minimum Gasteiger partial charge on any atom is -0.497 e. The summed E-state index contributed by atoms with van der Waals surface area (Å²) in [6, 6.07) is 5.47. The number of nitrogens with zero attached hydrogens (tertiary/aromatic N) is 1. The SMILES string of the molecule is COc1ccc(OC)c(NC(N)=NCC(C)(C)SC)c1. The van der Waals surface area contributed by atoms with Gasteiger partial charge in [-0.2, -0.15) is 11.8 Å². The highest BCUT2D eigenvalue weighted by Gasteiger charge is 2.15. The lowest BCUT2D eigenvalue weighted by atomic mass is 10.2. The van der Waals surface area contributed by atoms with Crippen molar-refractivity contribution in [3.8, 4) is 11.5 Å². The molecule has 1 aromatic carbocycles. The Morgan fingerprint density at radius 3 is 2.60 bits per heavy atom. The van der Waals surface area contributed by atoms with E-state index in [-0.39, 0.29) is 4.75 Å². The zero-order valence-corrected chi connectivity index (χ0v) is 13.5. The number of nitrogens with one attached hydrogen (secondary N) is 1. The van der Waals surface area contributed by atoms with Crippen molar-refractivity contribution in [2.45, 2.75) is 18.6 Å². The van der Waals surface area contributed by atoms with E-state index in [9.17, 15) is 0 Å². The lowest BCUT2D eigenvalue weighted by molar-refractivity contribution is 0.405. The van der Waals surface area contributed by atoms with Crippen LogP contribution in [0, 0.1) is 0 Å². The van der Waals surface area contributed by atoms with Crippen LogP contribution < -0.4 is 20.5 Å². The third-order valence-corrected chi connectivity index (χ3v) is 4.09. The van der Waals surface area contributed by atoms with E-state index in [1.807, 2.05) is 18.2 Å². The molecule has 5 nitrogen and oxygen atoms in total. The number of thioether (sulfide) groups is 1. The van der Waals surface area contributed by atoms with Gasteiger partial charge in [0.15, 0.2) is 5.96 Å². The van der Waals surface area contributed by atoms with Crippen LogP contribution in [-0.2, 0) is 0 Å². The van der Waals surface area contributed by atoms with Crippen molar-refractivity contribution in [2.24, 2.45) is 10.7 Å². The monoisotopic (exact) mass is 297 g/mol. The molecular weight excluding hydrogens is 274 g/mol. The van der Waals surface area contributed by atoms with Gasteiger partial charge in [0.1, 0.15) is 11.5 Å². The van der Waals surface area contributed by atoms with Crippen LogP contribution in [0.15, 0.2) is 23.2 Å². The van der Waals surface area contributed by atoms with Gasteiger partial charge in [-0.1, -0.05) is 0 Å². The van der Waals surface area contributed by atoms with E-state index in [0.29, 0.717) is 18.3 Å². The normalized spacial score (nSPS) is 12.2. The Kier molecular flexibility index (Phi) is 6.01. The van der Waals surface area contributed by atoms with Gasteiger partial charge in [0.05, 0.1) is 26.5 Å². The summed E-state index contributed by atoms with van der Waals surface area (Å²) >= 11 is 1.75. The molecule has 6 heteroatoms. The minimum absolute atomic E-state index is 0.0603. The maximum atomic E-state index is 5.92. The summed E-state index contributed by atoms with van der Waals surface area (Å²) in [7, 11) is 3.22. The molecule has 0 radical (unpaired) electrons. The topological polar surface area (TPSA) is 68.9 Å². The predicted octanol–water partition coefficient (Wildman–Crippen LogP) is 2.57. The van der Waals surface area contributed by atoms with E-state index in [4.69, 9.17) is 15.2 Å². The van der Waals surface area contributed by atoms with E-state index < -0.39 is 0 Å². The molecule has 0 fully saturated rings. The van der Waals surface area contributed by atoms with Crippen molar-refractivity contribution in [2.75, 3.05) is 32.3 Å². The standard InChI is InChI=1S/C14H23N3O2S/c1-14(2,20-5)9-16-13(15)17-11-8-10(18-3)6-7-12(11)19-4/h6-8H,9H2,1-5H3,(H3,15,16,17). The van der Waals surface area contributed by atoms with Gasteiger partial charge in [-0.3, -0.25) is 4.99 Å². The van der Waals surface area contributed by atoms with Gasteiger partial charge in [0.2, 0.25) is 0 Å². The zero-order chi connectivity index (χ0) is 15.2. The molecule has 0 bridgehead atoms. The first-order valence-corrected chi connectivity index (χ1v) is 7.48. The Bertz CT molecular complexity index is 475. The molecule has 0 aliphatic carbocycles. The van der Waals surface area contributed by atoms with Crippen molar-refractivity contribution in [1.82, 2.24) is 0 Å². The molecule has 3 N–H and O–H groups in total. The molecule has 20 heavy (non-hydrogen) atoms. The van der Waals surface area contributed by atoms with Crippen LogP contribution in [0.1, 0.15) is 13.8 Å². The van der Waals surface area contributed by atoms with Crippen molar-refractivity contribution in [1.29, 1.82) is 0 Å². The summed E-state index contributed by atoms with van der Waals surface area (Å²) in [5.74, 6) is 1.78. The highest BCUT2D eigenvalue weighted by molar-refractivity contribution is 7.99. The maximum absolute atomic E-state index is 5.92. The molecule has 0 atom stereocenters. The molecule has 0 saturated carbocycles. The van der Waals surface area contributed by atoms with Crippen molar-refractivity contribution < 1.29 is 9.47 Å². The van der Waals surface area contributed by atoms with Gasteiger partial charge in [0.25, 0.3) is 0 Å². The fourth-order valence-corrected chi connectivity index (χ4v) is 1.62. The van der Waals surface area contributed by atoms with E-state index in [0.717, 1.165) is 11.4 Å². The van der Waals surface area contributed by atoms with Crippen LogP contribution in [0.2, 0.25) is 0 Å². The highest BCUT2D eigenvalue weighted by atomic mass is 32.2. The molecule has 0 spiro atoms. The van der Waals surface area contributed by atoms with E-state index in [1.54, 1.807) is 26.0 Å². The average Bonchev–Trinajstić information content (AvgIpc) is 2.45. The van der Waals surface area contributed by atoms with Gasteiger partial charge in [-0.25, -0.2) is 0 Å². The van der Waals surface area contributed by atoms with E-state index >= 15 is 0 Å². The lowest BCUT2D eigenvalue weighted by Crippen LogP contribution is -2.27. The first kappa shape index (κ1) is 16.5. The Balaban J connectivity index is 2.83. The average molecular weight is 297 g/mol. The Labute approximate surface area is 124 Å². The molecule has 0 heterocycles. The smallest absolute Gasteiger partial charge is 0.193 e. The lowest BCUT2D eigenvalue weighted by Gasteiger charge is -2.19. The summed E-state index contributed by atoms with van der Waals surface area (Å²) in [6.45, 7) is 4.89. The Hall–Kier alpha value is -1.56. The molecule has 1 aromatic rings. The largest absolute Gasteiger partial charge is 0.497 e. The number of hydrogen-bond donors (Lipinski definition) is 2. The molecule has 0 amide bonds. The molecule has 0 saturated heterocycles. The van der Waals surface area contributed by atoms with E-state index in [2.05, 4.69) is 30.4 Å². The number of aliphatic imine (C=N–C) groups is 1. The van der Waals surface area contributed by atoms with Gasteiger partial charge in [-0.15, -0.1) is 0 Å². The summed E-state index contributed by atoms with van der Waals surface area (Å²) in [6.07, 6.45) is 2.06. The molecule has 0 aliphatic heterocycles. The van der Waals surface area contributed by atoms with Gasteiger partial charge < -0.3 is 20.5 Å². The van der Waals surface area contributed by atoms with E-state index in [1.165, 1.54) is 0 Å². The summed E-state index contributed by atoms with van der Waals surface area (Å²) < 4.78 is 10.5. The number of ether oxygens (including phenoxy) is 2. The fourth-order valence-electron chi connectivity index (χ4n) is 1.43. The summed E-state index contributed by atoms with van der Waals surface area (Å²) in [5, 5.41) is 3.05. The minimum atomic E-state index is 0.0603. The van der Waals surface area contributed by atoms with Crippen LogP contribution in [0.4, 0.5) is 5.69 Å². The third-order valence-electron chi connectivity index (χ3n) is 2.85. The van der Waals surface area contributed by atoms with Crippen LogP contribution in [0.25, 0.3) is 0 Å². The summed E-state index contributed by atoms with van der Waals surface area (Å²) in [4.78, 5) is 4.36. The second-order valence-corrected chi connectivity index (χ2v) is 6.37. The maximum Gasteiger partial charge on any atom is 0.193 e. The molecule has 1 rings (SSSR count). The van der Waals surface area contributed by atoms with Gasteiger partial charge >= 0.3 is 0 Å². The molecule has 0 unspecified atom stereocenters. The first-order chi connectivity index (χ1) is 9.41. The number of guanidine groups is 1. The number of anilines is 1. The number of methoxy groups -OCH3 is 2. The quantitative estimate of drug-likeness (QED) is 0.624. The van der Waals surface area contributed by atoms with Crippen molar-refractivity contribution in [3.05, 3.63) is 18.2 Å². The predicted molar refractivity (Wildman–Crippen MR) is 87.3 cm³/mol. The molecule has 112 valence electrons. The van der Waals surface area contributed by atoms with Crippen LogP contribution in [0.5, 0.6) is 11.5 Å².